The Kier molecular flexibility index (Phi) is 8.42. The van der Waals surface area contributed by atoms with Crippen LogP contribution < -0.4 is 5.56 Å². The second-order valence-corrected chi connectivity index (χ2v) is 9.61. The van der Waals surface area contributed by atoms with E-state index in [-0.39, 0.29) is 29.1 Å². The Morgan fingerprint density at radius 3 is 2.56 bits per heavy atom. The van der Waals surface area contributed by atoms with E-state index in [1.807, 2.05) is 48.2 Å². The number of hydrogen-bond acceptors (Lipinski definition) is 5. The minimum absolute atomic E-state index is 0.0399. The molecule has 1 amide bonds. The zero-order valence-corrected chi connectivity index (χ0v) is 20.7. The Hall–Kier alpha value is -3.22. The van der Waals surface area contributed by atoms with Gasteiger partial charge in [0.25, 0.3) is 5.56 Å². The van der Waals surface area contributed by atoms with E-state index >= 15 is 0 Å². The highest BCUT2D eigenvalue weighted by molar-refractivity contribution is 5.99. The Morgan fingerprint density at radius 1 is 1.24 bits per heavy atom. The molecule has 1 aliphatic heterocycles. The van der Waals surface area contributed by atoms with Gasteiger partial charge in [0.2, 0.25) is 5.91 Å². The first-order valence-electron chi connectivity index (χ1n) is 12.1. The molecule has 1 aliphatic rings. The molecule has 0 bridgehead atoms. The highest BCUT2D eigenvalue weighted by atomic mass is 16.2. The van der Waals surface area contributed by atoms with E-state index in [1.165, 1.54) is 0 Å². The van der Waals surface area contributed by atoms with Crippen LogP contribution in [0.25, 0.3) is 10.9 Å². The van der Waals surface area contributed by atoms with Crippen molar-refractivity contribution in [2.24, 2.45) is 11.8 Å². The lowest BCUT2D eigenvalue weighted by Crippen LogP contribution is -2.41. The molecule has 7 nitrogen and oxygen atoms in total. The smallest absolute Gasteiger partial charge is 0.258 e. The lowest BCUT2D eigenvalue weighted by Gasteiger charge is -2.32. The Balaban J connectivity index is 1.54. The number of para-hydroxylation sites is 1. The first-order chi connectivity index (χ1) is 16.2. The zero-order valence-electron chi connectivity index (χ0n) is 20.7. The summed E-state index contributed by atoms with van der Waals surface area (Å²) in [7, 11) is 1.95. The van der Waals surface area contributed by atoms with Crippen LogP contribution in [0.2, 0.25) is 0 Å². The minimum Gasteiger partial charge on any atom is -0.377 e. The SMILES string of the molecule is C=C/C(=C\N(C)C(C)C)C(=O)C1CCN(C(=O)CC(C)Cc2nc3ccccc3c(=O)[nH]2)CC1. The summed E-state index contributed by atoms with van der Waals surface area (Å²) in [5.74, 6) is 0.745. The van der Waals surface area contributed by atoms with Crippen molar-refractivity contribution in [3.63, 3.8) is 0 Å². The van der Waals surface area contributed by atoms with Crippen molar-refractivity contribution in [2.75, 3.05) is 20.1 Å². The molecule has 34 heavy (non-hydrogen) atoms. The monoisotopic (exact) mass is 464 g/mol. The summed E-state index contributed by atoms with van der Waals surface area (Å²) in [6.07, 6.45) is 5.73. The van der Waals surface area contributed by atoms with Crippen molar-refractivity contribution in [1.29, 1.82) is 0 Å². The molecule has 1 unspecified atom stereocenters. The van der Waals surface area contributed by atoms with Gasteiger partial charge in [0, 0.05) is 56.7 Å². The molecule has 7 heteroatoms. The molecule has 182 valence electrons. The summed E-state index contributed by atoms with van der Waals surface area (Å²) >= 11 is 0. The van der Waals surface area contributed by atoms with Crippen LogP contribution in [0.15, 0.2) is 53.5 Å². The summed E-state index contributed by atoms with van der Waals surface area (Å²) in [5, 5.41) is 0.567. The fraction of sp³-hybridized carbons (Fsp3) is 0.481. The molecule has 1 aromatic heterocycles. The summed E-state index contributed by atoms with van der Waals surface area (Å²) < 4.78 is 0. The first kappa shape index (κ1) is 25.4. The van der Waals surface area contributed by atoms with E-state index < -0.39 is 0 Å². The van der Waals surface area contributed by atoms with Gasteiger partial charge in [0.15, 0.2) is 5.78 Å². The number of piperidine rings is 1. The Labute approximate surface area is 201 Å². The summed E-state index contributed by atoms with van der Waals surface area (Å²) in [6.45, 7) is 11.1. The Morgan fingerprint density at radius 2 is 1.91 bits per heavy atom. The number of carbonyl (C=O) groups is 2. The van der Waals surface area contributed by atoms with Crippen LogP contribution in [0.5, 0.6) is 0 Å². The number of carbonyl (C=O) groups excluding carboxylic acids is 2. The molecule has 2 heterocycles. The number of benzene rings is 1. The molecular weight excluding hydrogens is 428 g/mol. The number of amides is 1. The maximum absolute atomic E-state index is 13.0. The van der Waals surface area contributed by atoms with E-state index in [2.05, 4.69) is 30.4 Å². The quantitative estimate of drug-likeness (QED) is 0.452. The maximum atomic E-state index is 13.0. The van der Waals surface area contributed by atoms with Gasteiger partial charge in [-0.15, -0.1) is 0 Å². The second kappa shape index (κ2) is 11.3. The first-order valence-corrected chi connectivity index (χ1v) is 12.1. The molecule has 1 atom stereocenters. The van der Waals surface area contributed by atoms with Crippen LogP contribution in [0.4, 0.5) is 0 Å². The fourth-order valence-electron chi connectivity index (χ4n) is 4.27. The van der Waals surface area contributed by atoms with Crippen molar-refractivity contribution in [2.45, 2.75) is 52.5 Å². The topological polar surface area (TPSA) is 86.4 Å². The van der Waals surface area contributed by atoms with Gasteiger partial charge < -0.3 is 14.8 Å². The van der Waals surface area contributed by atoms with Gasteiger partial charge >= 0.3 is 0 Å². The van der Waals surface area contributed by atoms with Crippen LogP contribution in [-0.4, -0.2) is 57.6 Å². The molecule has 1 saturated heterocycles. The normalized spacial score (nSPS) is 16.0. The van der Waals surface area contributed by atoms with Crippen LogP contribution in [-0.2, 0) is 16.0 Å². The lowest BCUT2D eigenvalue weighted by molar-refractivity contribution is -0.135. The van der Waals surface area contributed by atoms with Crippen LogP contribution in [0, 0.1) is 11.8 Å². The van der Waals surface area contributed by atoms with Gasteiger partial charge in [0.05, 0.1) is 10.9 Å². The van der Waals surface area contributed by atoms with E-state index in [9.17, 15) is 14.4 Å². The predicted molar refractivity (Wildman–Crippen MR) is 135 cm³/mol. The second-order valence-electron chi connectivity index (χ2n) is 9.61. The number of allylic oxidation sites excluding steroid dienone is 2. The van der Waals surface area contributed by atoms with Gasteiger partial charge in [-0.1, -0.05) is 31.7 Å². The van der Waals surface area contributed by atoms with Crippen LogP contribution in [0.3, 0.4) is 0 Å². The fourth-order valence-corrected chi connectivity index (χ4v) is 4.27. The highest BCUT2D eigenvalue weighted by Crippen LogP contribution is 2.23. The molecule has 0 radical (unpaired) electrons. The van der Waals surface area contributed by atoms with Crippen molar-refractivity contribution < 1.29 is 9.59 Å². The van der Waals surface area contributed by atoms with Crippen LogP contribution in [0.1, 0.15) is 45.9 Å². The molecule has 1 fully saturated rings. The largest absolute Gasteiger partial charge is 0.377 e. The number of rotatable bonds is 9. The average Bonchev–Trinajstić information content (AvgIpc) is 2.81. The molecule has 0 spiro atoms. The van der Waals surface area contributed by atoms with Gasteiger partial charge in [-0.25, -0.2) is 4.98 Å². The molecule has 1 N–H and O–H groups in total. The number of nitrogens with one attached hydrogen (secondary N) is 1. The molecule has 0 aliphatic carbocycles. The van der Waals surface area contributed by atoms with E-state index in [1.54, 1.807) is 12.1 Å². The van der Waals surface area contributed by atoms with Gasteiger partial charge in [-0.05, 0) is 44.7 Å². The van der Waals surface area contributed by atoms with Crippen molar-refractivity contribution in [3.8, 4) is 0 Å². The molecule has 1 aromatic carbocycles. The number of H-pyrrole nitrogens is 1. The molecule has 0 saturated carbocycles. The average molecular weight is 465 g/mol. The lowest BCUT2D eigenvalue weighted by atomic mass is 9.88. The van der Waals surface area contributed by atoms with E-state index in [0.29, 0.717) is 67.1 Å². The van der Waals surface area contributed by atoms with E-state index in [4.69, 9.17) is 0 Å². The molecule has 3 rings (SSSR count). The van der Waals surface area contributed by atoms with E-state index in [0.717, 1.165) is 0 Å². The van der Waals surface area contributed by atoms with Gasteiger partial charge in [-0.3, -0.25) is 14.4 Å². The number of nitrogens with zero attached hydrogens (tertiary/aromatic N) is 3. The predicted octanol–water partition coefficient (Wildman–Crippen LogP) is 3.71. The number of aromatic nitrogens is 2. The number of aromatic amines is 1. The van der Waals surface area contributed by atoms with Gasteiger partial charge in [-0.2, -0.15) is 0 Å². The van der Waals surface area contributed by atoms with Crippen molar-refractivity contribution >= 4 is 22.6 Å². The third-order valence-electron chi connectivity index (χ3n) is 6.61. The Bertz CT molecular complexity index is 1130. The molecular formula is C27H36N4O3. The summed E-state index contributed by atoms with van der Waals surface area (Å²) in [6, 6.07) is 7.55. The minimum atomic E-state index is -0.154. The molecule has 2 aromatic rings. The van der Waals surface area contributed by atoms with Gasteiger partial charge in [0.1, 0.15) is 5.82 Å². The zero-order chi connectivity index (χ0) is 24.8. The number of hydrogen-bond donors (Lipinski definition) is 1. The summed E-state index contributed by atoms with van der Waals surface area (Å²) in [4.78, 5) is 49.4. The third-order valence-corrected chi connectivity index (χ3v) is 6.61. The standard InChI is InChI=1S/C27H36N4O3/c1-6-20(17-30(5)18(2)3)26(33)21-11-13-31(14-12-21)25(32)16-19(4)15-24-28-23-10-8-7-9-22(23)27(34)29-24/h6-10,17-19,21H,1,11-16H2,2-5H3,(H,28,29,34)/b20-17+. The maximum Gasteiger partial charge on any atom is 0.258 e. The third kappa shape index (κ3) is 6.22. The highest BCUT2D eigenvalue weighted by Gasteiger charge is 2.29. The number of fused-ring (bicyclic) bond motifs is 1. The number of Topliss-reactive ketones (excluding diaryl/α,β-unsaturated/α-hetero) is 1. The van der Waals surface area contributed by atoms with Crippen LogP contribution >= 0.6 is 0 Å². The number of likely N-dealkylation sites (tertiary alicyclic amines) is 1. The van der Waals surface area contributed by atoms with Crippen molar-refractivity contribution in [1.82, 2.24) is 19.8 Å². The summed E-state index contributed by atoms with van der Waals surface area (Å²) in [5.41, 5.74) is 1.14. The van der Waals surface area contributed by atoms with Crippen molar-refractivity contribution in [3.05, 3.63) is 64.9 Å². The number of ketones is 1.